The molecule has 0 bridgehead atoms. The average molecular weight is 324 g/mol. The summed E-state index contributed by atoms with van der Waals surface area (Å²) in [6.45, 7) is 2.54. The molecule has 0 radical (unpaired) electrons. The second-order valence-electron chi connectivity index (χ2n) is 5.12. The van der Waals surface area contributed by atoms with Gasteiger partial charge in [-0.1, -0.05) is 12.1 Å². The van der Waals surface area contributed by atoms with E-state index in [9.17, 15) is 13.6 Å². The third-order valence-electron chi connectivity index (χ3n) is 3.52. The van der Waals surface area contributed by atoms with Crippen LogP contribution in [-0.2, 0) is 11.3 Å². The van der Waals surface area contributed by atoms with Gasteiger partial charge in [-0.25, -0.2) is 8.78 Å². The molecular weight excluding hydrogens is 306 g/mol. The minimum absolute atomic E-state index is 0.106. The molecule has 118 valence electrons. The molecule has 0 spiro atoms. The highest BCUT2D eigenvalue weighted by atomic mass is 32.1. The summed E-state index contributed by atoms with van der Waals surface area (Å²) in [6.07, 6.45) is 0. The third kappa shape index (κ3) is 4.35. The van der Waals surface area contributed by atoms with Crippen LogP contribution in [-0.4, -0.2) is 24.4 Å². The van der Waals surface area contributed by atoms with Crippen molar-refractivity contribution >= 4 is 17.2 Å². The summed E-state index contributed by atoms with van der Waals surface area (Å²) in [6, 6.07) is 7.50. The molecule has 0 fully saturated rings. The molecule has 0 aliphatic heterocycles. The zero-order chi connectivity index (χ0) is 16.1. The smallest absolute Gasteiger partial charge is 0.234 e. The molecule has 0 aliphatic carbocycles. The van der Waals surface area contributed by atoms with Crippen molar-refractivity contribution in [1.29, 1.82) is 0 Å². The SMILES string of the molecule is CC(c1ccc(F)c(F)c1)N(C)CC(=O)NCc1cccs1. The van der Waals surface area contributed by atoms with Crippen molar-refractivity contribution < 1.29 is 13.6 Å². The fourth-order valence-electron chi connectivity index (χ4n) is 2.04. The average Bonchev–Trinajstić information content (AvgIpc) is 3.00. The third-order valence-corrected chi connectivity index (χ3v) is 4.40. The molecule has 1 amide bonds. The van der Waals surface area contributed by atoms with E-state index < -0.39 is 11.6 Å². The van der Waals surface area contributed by atoms with Crippen LogP contribution >= 0.6 is 11.3 Å². The van der Waals surface area contributed by atoms with Gasteiger partial charge in [0.1, 0.15) is 0 Å². The Morgan fingerprint density at radius 1 is 1.32 bits per heavy atom. The number of likely N-dealkylation sites (N-methyl/N-ethyl adjacent to an activating group) is 1. The van der Waals surface area contributed by atoms with Crippen molar-refractivity contribution in [2.24, 2.45) is 0 Å². The molecule has 22 heavy (non-hydrogen) atoms. The van der Waals surface area contributed by atoms with Crippen molar-refractivity contribution in [3.05, 3.63) is 57.8 Å². The largest absolute Gasteiger partial charge is 0.350 e. The highest BCUT2D eigenvalue weighted by molar-refractivity contribution is 7.09. The van der Waals surface area contributed by atoms with E-state index in [0.29, 0.717) is 12.1 Å². The topological polar surface area (TPSA) is 32.3 Å². The Morgan fingerprint density at radius 2 is 2.09 bits per heavy atom. The van der Waals surface area contributed by atoms with Gasteiger partial charge in [-0.3, -0.25) is 9.69 Å². The Kier molecular flexibility index (Phi) is 5.63. The molecule has 2 aromatic rings. The number of amides is 1. The lowest BCUT2D eigenvalue weighted by molar-refractivity contribution is -0.122. The molecule has 3 nitrogen and oxygen atoms in total. The quantitative estimate of drug-likeness (QED) is 0.884. The molecule has 2 rings (SSSR count). The number of hydrogen-bond acceptors (Lipinski definition) is 3. The Balaban J connectivity index is 1.88. The van der Waals surface area contributed by atoms with E-state index in [1.54, 1.807) is 23.3 Å². The van der Waals surface area contributed by atoms with Gasteiger partial charge < -0.3 is 5.32 Å². The first-order valence-corrected chi connectivity index (χ1v) is 7.79. The fraction of sp³-hybridized carbons (Fsp3) is 0.312. The lowest BCUT2D eigenvalue weighted by Crippen LogP contribution is -2.36. The summed E-state index contributed by atoms with van der Waals surface area (Å²) in [7, 11) is 1.77. The molecule has 0 aliphatic rings. The van der Waals surface area contributed by atoms with Gasteiger partial charge in [-0.2, -0.15) is 0 Å². The van der Waals surface area contributed by atoms with Crippen LogP contribution in [0.25, 0.3) is 0 Å². The van der Waals surface area contributed by atoms with Crippen molar-refractivity contribution in [2.75, 3.05) is 13.6 Å². The van der Waals surface area contributed by atoms with Gasteiger partial charge in [0, 0.05) is 10.9 Å². The number of carbonyl (C=O) groups excluding carboxylic acids is 1. The first-order chi connectivity index (χ1) is 10.5. The van der Waals surface area contributed by atoms with Gasteiger partial charge >= 0.3 is 0 Å². The lowest BCUT2D eigenvalue weighted by Gasteiger charge is -2.24. The molecule has 1 aromatic heterocycles. The Hall–Kier alpha value is -1.79. The highest BCUT2D eigenvalue weighted by Crippen LogP contribution is 2.20. The summed E-state index contributed by atoms with van der Waals surface area (Å²) < 4.78 is 26.2. The van der Waals surface area contributed by atoms with Crippen LogP contribution in [0.15, 0.2) is 35.7 Å². The van der Waals surface area contributed by atoms with Crippen molar-refractivity contribution in [3.63, 3.8) is 0 Å². The predicted octanol–water partition coefficient (Wildman–Crippen LogP) is 3.34. The minimum atomic E-state index is -0.875. The number of thiophene rings is 1. The number of nitrogens with zero attached hydrogens (tertiary/aromatic N) is 1. The van der Waals surface area contributed by atoms with Gasteiger partial charge in [-0.15, -0.1) is 11.3 Å². The number of nitrogens with one attached hydrogen (secondary N) is 1. The number of benzene rings is 1. The van der Waals surface area contributed by atoms with E-state index in [1.807, 2.05) is 24.4 Å². The molecule has 1 N–H and O–H groups in total. The normalized spacial score (nSPS) is 12.4. The molecular formula is C16H18F2N2OS. The maximum atomic E-state index is 13.3. The van der Waals surface area contributed by atoms with Crippen LogP contribution in [0.4, 0.5) is 8.78 Å². The molecule has 6 heteroatoms. The summed E-state index contributed by atoms with van der Waals surface area (Å²) in [5.74, 6) is -1.85. The zero-order valence-corrected chi connectivity index (χ0v) is 13.3. The second kappa shape index (κ2) is 7.47. The minimum Gasteiger partial charge on any atom is -0.350 e. The Bertz CT molecular complexity index is 631. The Morgan fingerprint density at radius 3 is 2.73 bits per heavy atom. The summed E-state index contributed by atoms with van der Waals surface area (Å²) in [5.41, 5.74) is 0.632. The van der Waals surface area contributed by atoms with Gasteiger partial charge in [0.15, 0.2) is 11.6 Å². The van der Waals surface area contributed by atoms with Crippen molar-refractivity contribution in [2.45, 2.75) is 19.5 Å². The van der Waals surface area contributed by atoms with E-state index in [4.69, 9.17) is 0 Å². The summed E-state index contributed by atoms with van der Waals surface area (Å²) in [5, 5.41) is 4.80. The van der Waals surface area contributed by atoms with Crippen LogP contribution in [0, 0.1) is 11.6 Å². The monoisotopic (exact) mass is 324 g/mol. The molecule has 0 saturated heterocycles. The van der Waals surface area contributed by atoms with Crippen LogP contribution in [0.1, 0.15) is 23.4 Å². The second-order valence-corrected chi connectivity index (χ2v) is 6.15. The van der Waals surface area contributed by atoms with Crippen LogP contribution in [0.2, 0.25) is 0 Å². The van der Waals surface area contributed by atoms with Crippen LogP contribution < -0.4 is 5.32 Å². The number of carbonyl (C=O) groups is 1. The maximum Gasteiger partial charge on any atom is 0.234 e. The van der Waals surface area contributed by atoms with E-state index in [1.165, 1.54) is 12.1 Å². The van der Waals surface area contributed by atoms with Gasteiger partial charge in [-0.05, 0) is 43.1 Å². The van der Waals surface area contributed by atoms with Crippen LogP contribution in [0.3, 0.4) is 0 Å². The molecule has 1 aromatic carbocycles. The van der Waals surface area contributed by atoms with Gasteiger partial charge in [0.25, 0.3) is 0 Å². The zero-order valence-electron chi connectivity index (χ0n) is 12.5. The van der Waals surface area contributed by atoms with E-state index in [-0.39, 0.29) is 18.5 Å². The van der Waals surface area contributed by atoms with Crippen molar-refractivity contribution in [1.82, 2.24) is 10.2 Å². The van der Waals surface area contributed by atoms with Gasteiger partial charge in [0.05, 0.1) is 13.1 Å². The Labute approximate surface area is 132 Å². The molecule has 0 saturated carbocycles. The number of hydrogen-bond donors (Lipinski definition) is 1. The summed E-state index contributed by atoms with van der Waals surface area (Å²) in [4.78, 5) is 14.8. The molecule has 1 atom stereocenters. The number of halogens is 2. The van der Waals surface area contributed by atoms with E-state index >= 15 is 0 Å². The first-order valence-electron chi connectivity index (χ1n) is 6.91. The maximum absolute atomic E-state index is 13.3. The first kappa shape index (κ1) is 16.6. The molecule has 1 unspecified atom stereocenters. The lowest BCUT2D eigenvalue weighted by atomic mass is 10.1. The molecule has 1 heterocycles. The standard InChI is InChI=1S/C16H18F2N2OS/c1-11(12-5-6-14(17)15(18)8-12)20(2)10-16(21)19-9-13-4-3-7-22-13/h3-8,11H,9-10H2,1-2H3,(H,19,21). The highest BCUT2D eigenvalue weighted by Gasteiger charge is 2.16. The fourth-order valence-corrected chi connectivity index (χ4v) is 2.69. The number of rotatable bonds is 6. The van der Waals surface area contributed by atoms with E-state index in [2.05, 4.69) is 5.32 Å². The van der Waals surface area contributed by atoms with Crippen molar-refractivity contribution in [3.8, 4) is 0 Å². The van der Waals surface area contributed by atoms with Gasteiger partial charge in [0.2, 0.25) is 5.91 Å². The summed E-state index contributed by atoms with van der Waals surface area (Å²) >= 11 is 1.58. The van der Waals surface area contributed by atoms with E-state index in [0.717, 1.165) is 10.9 Å². The van der Waals surface area contributed by atoms with Crippen LogP contribution in [0.5, 0.6) is 0 Å². The predicted molar refractivity (Wildman–Crippen MR) is 83.6 cm³/mol.